The van der Waals surface area contributed by atoms with Crippen molar-refractivity contribution < 1.29 is 33.7 Å². The van der Waals surface area contributed by atoms with Crippen molar-refractivity contribution in [1.29, 1.82) is 0 Å². The van der Waals surface area contributed by atoms with Crippen molar-refractivity contribution in [2.75, 3.05) is 51.9 Å². The molecule has 2 aliphatic rings. The molecule has 0 radical (unpaired) electrons. The predicted octanol–water partition coefficient (Wildman–Crippen LogP) is -0.0372. The van der Waals surface area contributed by atoms with Crippen LogP contribution in [0, 0.1) is 0 Å². The van der Waals surface area contributed by atoms with Gasteiger partial charge in [0.05, 0.1) is 45.1 Å². The molecule has 2 rings (SSSR count). The number of nitrogens with one attached hydrogen (secondary N) is 3. The standard InChI is InChI=1S/C18H31N3O7S/c22-15(19-5-6-26-7-8-27-9-10-28-11-16(23)24)4-2-1-3-14-17-13(12-29-14)20-18(25)21-17/h13-14,17H,1-12H2,(H,19,22)(H,23,24)(H2,20,21,25)/t13-,14-,17-/m0/s1. The van der Waals surface area contributed by atoms with Gasteiger partial charge in [-0.15, -0.1) is 0 Å². The SMILES string of the molecule is O=C(O)COCCOCCOCCNC(=O)CCCC[C@@H]1SC[C@@H]2NC(=O)N[C@@H]21. The summed E-state index contributed by atoms with van der Waals surface area (Å²) in [6, 6.07) is 0.402. The summed E-state index contributed by atoms with van der Waals surface area (Å²) in [5.74, 6) is -0.0239. The summed E-state index contributed by atoms with van der Waals surface area (Å²) in [5.41, 5.74) is 0. The van der Waals surface area contributed by atoms with Crippen molar-refractivity contribution in [1.82, 2.24) is 16.0 Å². The Hall–Kier alpha value is -1.56. The molecule has 0 aromatic carbocycles. The second-order valence-corrected chi connectivity index (χ2v) is 8.16. The van der Waals surface area contributed by atoms with E-state index in [0.717, 1.165) is 25.0 Å². The maximum Gasteiger partial charge on any atom is 0.329 e. The van der Waals surface area contributed by atoms with E-state index in [2.05, 4.69) is 16.0 Å². The second kappa shape index (κ2) is 13.6. The first-order chi connectivity index (χ1) is 14.1. The zero-order valence-electron chi connectivity index (χ0n) is 16.5. The van der Waals surface area contributed by atoms with E-state index in [9.17, 15) is 14.4 Å². The topological polar surface area (TPSA) is 135 Å². The average molecular weight is 434 g/mol. The van der Waals surface area contributed by atoms with Gasteiger partial charge in [0.15, 0.2) is 0 Å². The molecule has 4 N–H and O–H groups in total. The first-order valence-electron chi connectivity index (χ1n) is 9.96. The van der Waals surface area contributed by atoms with Gasteiger partial charge in [-0.2, -0.15) is 11.8 Å². The Labute approximate surface area is 174 Å². The van der Waals surface area contributed by atoms with Gasteiger partial charge in [0, 0.05) is 24.0 Å². The number of hydrogen-bond donors (Lipinski definition) is 4. The highest BCUT2D eigenvalue weighted by molar-refractivity contribution is 8.00. The number of thioether (sulfide) groups is 1. The minimum Gasteiger partial charge on any atom is -0.480 e. The molecule has 29 heavy (non-hydrogen) atoms. The van der Waals surface area contributed by atoms with Crippen LogP contribution in [0.1, 0.15) is 25.7 Å². The van der Waals surface area contributed by atoms with Crippen LogP contribution in [0.15, 0.2) is 0 Å². The number of hydrogen-bond acceptors (Lipinski definition) is 7. The van der Waals surface area contributed by atoms with Crippen LogP contribution >= 0.6 is 11.8 Å². The summed E-state index contributed by atoms with van der Waals surface area (Å²) >= 11 is 1.89. The summed E-state index contributed by atoms with van der Waals surface area (Å²) < 4.78 is 15.4. The molecule has 10 nitrogen and oxygen atoms in total. The van der Waals surface area contributed by atoms with Gasteiger partial charge in [-0.05, 0) is 12.8 Å². The lowest BCUT2D eigenvalue weighted by atomic mass is 10.0. The number of carboxylic acids is 1. The molecule has 11 heteroatoms. The molecule has 2 aliphatic heterocycles. The quantitative estimate of drug-likeness (QED) is 0.197. The molecule has 0 bridgehead atoms. The van der Waals surface area contributed by atoms with Crippen LogP contribution in [-0.4, -0.2) is 92.3 Å². The molecular weight excluding hydrogens is 402 g/mol. The Morgan fingerprint density at radius 2 is 1.79 bits per heavy atom. The highest BCUT2D eigenvalue weighted by Gasteiger charge is 2.42. The molecule has 3 atom stereocenters. The highest BCUT2D eigenvalue weighted by atomic mass is 32.2. The number of aliphatic carboxylic acids is 1. The Kier molecular flexibility index (Phi) is 11.1. The van der Waals surface area contributed by atoms with Crippen molar-refractivity contribution in [3.05, 3.63) is 0 Å². The highest BCUT2D eigenvalue weighted by Crippen LogP contribution is 2.33. The number of carbonyl (C=O) groups excluding carboxylic acids is 2. The van der Waals surface area contributed by atoms with E-state index < -0.39 is 5.97 Å². The summed E-state index contributed by atoms with van der Waals surface area (Å²) in [5, 5.41) is 17.6. The molecule has 0 unspecified atom stereocenters. The van der Waals surface area contributed by atoms with Gasteiger partial charge >= 0.3 is 12.0 Å². The van der Waals surface area contributed by atoms with Crippen LogP contribution in [0.2, 0.25) is 0 Å². The summed E-state index contributed by atoms with van der Waals surface area (Å²) in [7, 11) is 0. The van der Waals surface area contributed by atoms with Crippen molar-refractivity contribution in [2.24, 2.45) is 0 Å². The Balaban J connectivity index is 1.34. The summed E-state index contributed by atoms with van der Waals surface area (Å²) in [6.45, 7) is 1.89. The second-order valence-electron chi connectivity index (χ2n) is 6.89. The van der Waals surface area contributed by atoms with Crippen molar-refractivity contribution in [3.63, 3.8) is 0 Å². The van der Waals surface area contributed by atoms with Gasteiger partial charge in [-0.3, -0.25) is 4.79 Å². The summed E-state index contributed by atoms with van der Waals surface area (Å²) in [4.78, 5) is 33.4. The van der Waals surface area contributed by atoms with Crippen LogP contribution in [-0.2, 0) is 23.8 Å². The Bertz CT molecular complexity index is 538. The normalized spacial score (nSPS) is 22.8. The van der Waals surface area contributed by atoms with Gasteiger partial charge in [-0.25, -0.2) is 9.59 Å². The van der Waals surface area contributed by atoms with E-state index in [1.54, 1.807) is 0 Å². The van der Waals surface area contributed by atoms with E-state index in [1.165, 1.54) is 0 Å². The first kappa shape index (κ1) is 23.7. The Morgan fingerprint density at radius 1 is 1.07 bits per heavy atom. The van der Waals surface area contributed by atoms with Crippen LogP contribution in [0.4, 0.5) is 4.79 Å². The fourth-order valence-corrected chi connectivity index (χ4v) is 4.77. The number of rotatable bonds is 16. The third-order valence-corrected chi connectivity index (χ3v) is 6.13. The van der Waals surface area contributed by atoms with Gasteiger partial charge < -0.3 is 35.3 Å². The number of fused-ring (bicyclic) bond motifs is 1. The third kappa shape index (κ3) is 9.66. The number of carboxylic acid groups (broad SMARTS) is 1. The number of ether oxygens (including phenoxy) is 3. The van der Waals surface area contributed by atoms with E-state index in [0.29, 0.717) is 44.6 Å². The lowest BCUT2D eigenvalue weighted by Crippen LogP contribution is -2.36. The molecule has 0 aromatic rings. The van der Waals surface area contributed by atoms with E-state index in [4.69, 9.17) is 19.3 Å². The van der Waals surface area contributed by atoms with Gasteiger partial charge in [0.2, 0.25) is 5.91 Å². The maximum atomic E-state index is 11.8. The van der Waals surface area contributed by atoms with E-state index >= 15 is 0 Å². The molecule has 2 fully saturated rings. The lowest BCUT2D eigenvalue weighted by Gasteiger charge is -2.16. The van der Waals surface area contributed by atoms with Crippen molar-refractivity contribution in [2.45, 2.75) is 43.0 Å². The van der Waals surface area contributed by atoms with Crippen molar-refractivity contribution in [3.8, 4) is 0 Å². The fraction of sp³-hybridized carbons (Fsp3) is 0.833. The monoisotopic (exact) mass is 433 g/mol. The zero-order chi connectivity index (χ0) is 20.9. The van der Waals surface area contributed by atoms with Gasteiger partial charge in [0.25, 0.3) is 0 Å². The number of unbranched alkanes of at least 4 members (excludes halogenated alkanes) is 1. The molecular formula is C18H31N3O7S. The Morgan fingerprint density at radius 3 is 2.55 bits per heavy atom. The maximum absolute atomic E-state index is 11.8. The predicted molar refractivity (Wildman–Crippen MR) is 107 cm³/mol. The fourth-order valence-electron chi connectivity index (χ4n) is 3.22. The first-order valence-corrected chi connectivity index (χ1v) is 11.0. The molecule has 0 spiro atoms. The van der Waals surface area contributed by atoms with E-state index in [-0.39, 0.29) is 37.2 Å². The zero-order valence-corrected chi connectivity index (χ0v) is 17.3. The molecule has 0 aliphatic carbocycles. The van der Waals surface area contributed by atoms with Crippen LogP contribution in [0.3, 0.4) is 0 Å². The van der Waals surface area contributed by atoms with E-state index in [1.807, 2.05) is 11.8 Å². The smallest absolute Gasteiger partial charge is 0.329 e. The molecule has 166 valence electrons. The molecule has 0 aromatic heterocycles. The number of amides is 3. The van der Waals surface area contributed by atoms with Gasteiger partial charge in [0.1, 0.15) is 6.61 Å². The van der Waals surface area contributed by atoms with Gasteiger partial charge in [-0.1, -0.05) is 6.42 Å². The van der Waals surface area contributed by atoms with Crippen LogP contribution in [0.5, 0.6) is 0 Å². The third-order valence-electron chi connectivity index (χ3n) is 4.62. The number of urea groups is 1. The lowest BCUT2D eigenvalue weighted by molar-refractivity contribution is -0.142. The average Bonchev–Trinajstić information content (AvgIpc) is 3.22. The largest absolute Gasteiger partial charge is 0.480 e. The summed E-state index contributed by atoms with van der Waals surface area (Å²) in [6.07, 6.45) is 3.30. The minimum atomic E-state index is -1.00. The number of carbonyl (C=O) groups is 3. The van der Waals surface area contributed by atoms with Crippen LogP contribution < -0.4 is 16.0 Å². The molecule has 0 saturated carbocycles. The molecule has 2 heterocycles. The van der Waals surface area contributed by atoms with Crippen LogP contribution in [0.25, 0.3) is 0 Å². The minimum absolute atomic E-state index is 0.0215. The molecule has 3 amide bonds. The van der Waals surface area contributed by atoms with Crippen molar-refractivity contribution >= 4 is 29.7 Å². The molecule has 2 saturated heterocycles.